The Balaban J connectivity index is 2.40. The molecule has 0 heterocycles. The maximum atomic E-state index is 3.44. The molecule has 0 spiro atoms. The van der Waals surface area contributed by atoms with Gasteiger partial charge in [-0.25, -0.2) is 0 Å². The Kier molecular flexibility index (Phi) is 9.08. The molecule has 0 aliphatic carbocycles. The van der Waals surface area contributed by atoms with Crippen LogP contribution >= 0.6 is 0 Å². The highest BCUT2D eigenvalue weighted by molar-refractivity contribution is 5.47. The lowest BCUT2D eigenvalue weighted by Crippen LogP contribution is -2.14. The molecule has 0 atom stereocenters. The van der Waals surface area contributed by atoms with E-state index in [1.54, 1.807) is 0 Å². The number of hydrogen-bond donors (Lipinski definition) is 0. The van der Waals surface area contributed by atoms with Crippen LogP contribution in [0.3, 0.4) is 0 Å². The van der Waals surface area contributed by atoms with Gasteiger partial charge in [-0.1, -0.05) is 24.0 Å². The summed E-state index contributed by atoms with van der Waals surface area (Å²) in [4.78, 5) is 8.79. The SMILES string of the molecule is CN(C)Cc1cc(C#Cc2cc(CN(C)C)cc(CN(C)C)c2)cc(CN(C)C)c1. The van der Waals surface area contributed by atoms with E-state index in [1.807, 2.05) is 0 Å². The Bertz CT molecular complexity index is 758. The van der Waals surface area contributed by atoms with Crippen LogP contribution in [0.15, 0.2) is 36.4 Å². The van der Waals surface area contributed by atoms with Gasteiger partial charge < -0.3 is 19.6 Å². The molecular weight excluding hydrogens is 368 g/mol. The van der Waals surface area contributed by atoms with Crippen LogP contribution < -0.4 is 0 Å². The highest BCUT2D eigenvalue weighted by atomic mass is 15.1. The molecule has 0 bridgehead atoms. The van der Waals surface area contributed by atoms with Gasteiger partial charge in [0.05, 0.1) is 0 Å². The molecule has 0 saturated heterocycles. The van der Waals surface area contributed by atoms with Crippen LogP contribution in [0, 0.1) is 11.8 Å². The van der Waals surface area contributed by atoms with Crippen LogP contribution in [0.4, 0.5) is 0 Å². The third-order valence-electron chi connectivity index (χ3n) is 4.45. The fourth-order valence-electron chi connectivity index (χ4n) is 3.64. The van der Waals surface area contributed by atoms with E-state index in [0.717, 1.165) is 37.3 Å². The Morgan fingerprint density at radius 1 is 0.433 bits per heavy atom. The molecule has 4 nitrogen and oxygen atoms in total. The van der Waals surface area contributed by atoms with Gasteiger partial charge in [-0.2, -0.15) is 0 Å². The fraction of sp³-hybridized carbons (Fsp3) is 0.462. The van der Waals surface area contributed by atoms with Crippen molar-refractivity contribution in [3.63, 3.8) is 0 Å². The second-order valence-corrected chi connectivity index (χ2v) is 9.28. The Morgan fingerprint density at radius 2 is 0.667 bits per heavy atom. The minimum Gasteiger partial charge on any atom is -0.305 e. The summed E-state index contributed by atoms with van der Waals surface area (Å²) >= 11 is 0. The van der Waals surface area contributed by atoms with Crippen molar-refractivity contribution in [2.24, 2.45) is 0 Å². The lowest BCUT2D eigenvalue weighted by Gasteiger charge is -2.15. The van der Waals surface area contributed by atoms with Gasteiger partial charge in [0.15, 0.2) is 0 Å². The van der Waals surface area contributed by atoms with Crippen molar-refractivity contribution < 1.29 is 0 Å². The largest absolute Gasteiger partial charge is 0.305 e. The van der Waals surface area contributed by atoms with Gasteiger partial charge in [0.25, 0.3) is 0 Å². The predicted molar refractivity (Wildman–Crippen MR) is 128 cm³/mol. The van der Waals surface area contributed by atoms with E-state index >= 15 is 0 Å². The summed E-state index contributed by atoms with van der Waals surface area (Å²) < 4.78 is 0. The molecule has 0 amide bonds. The first-order valence-electron chi connectivity index (χ1n) is 10.5. The first-order chi connectivity index (χ1) is 14.1. The van der Waals surface area contributed by atoms with Crippen LogP contribution in [-0.4, -0.2) is 76.0 Å². The molecule has 0 aliphatic rings. The lowest BCUT2D eigenvalue weighted by molar-refractivity contribution is 0.395. The van der Waals surface area contributed by atoms with Gasteiger partial charge in [-0.15, -0.1) is 0 Å². The third kappa shape index (κ3) is 8.69. The van der Waals surface area contributed by atoms with Crippen LogP contribution in [0.2, 0.25) is 0 Å². The van der Waals surface area contributed by atoms with Crippen molar-refractivity contribution in [1.82, 2.24) is 19.6 Å². The topological polar surface area (TPSA) is 13.0 Å². The first kappa shape index (κ1) is 24.1. The van der Waals surface area contributed by atoms with Gasteiger partial charge >= 0.3 is 0 Å². The van der Waals surface area contributed by atoms with Gasteiger partial charge in [-0.3, -0.25) is 0 Å². The molecule has 0 fully saturated rings. The van der Waals surface area contributed by atoms with Crippen LogP contribution in [0.25, 0.3) is 0 Å². The molecule has 2 aromatic rings. The highest BCUT2D eigenvalue weighted by Crippen LogP contribution is 2.15. The molecule has 0 aromatic heterocycles. The molecule has 4 heteroatoms. The van der Waals surface area contributed by atoms with Crippen molar-refractivity contribution in [3.05, 3.63) is 69.8 Å². The Morgan fingerprint density at radius 3 is 0.867 bits per heavy atom. The van der Waals surface area contributed by atoms with E-state index in [4.69, 9.17) is 0 Å². The summed E-state index contributed by atoms with van der Waals surface area (Å²) in [5.74, 6) is 6.87. The Hall–Kier alpha value is -2.16. The predicted octanol–water partition coefficient (Wildman–Crippen LogP) is 3.33. The highest BCUT2D eigenvalue weighted by Gasteiger charge is 2.05. The molecule has 0 saturated carbocycles. The molecule has 0 aliphatic heterocycles. The Labute approximate surface area is 184 Å². The lowest BCUT2D eigenvalue weighted by atomic mass is 10.0. The maximum Gasteiger partial charge on any atom is 0.0255 e. The molecule has 162 valence electrons. The third-order valence-corrected chi connectivity index (χ3v) is 4.45. The van der Waals surface area contributed by atoms with Crippen molar-refractivity contribution in [3.8, 4) is 11.8 Å². The second kappa shape index (κ2) is 11.3. The zero-order chi connectivity index (χ0) is 22.3. The summed E-state index contributed by atoms with van der Waals surface area (Å²) in [5.41, 5.74) is 7.38. The van der Waals surface area contributed by atoms with E-state index in [-0.39, 0.29) is 0 Å². The monoisotopic (exact) mass is 406 g/mol. The number of benzene rings is 2. The zero-order valence-electron chi connectivity index (χ0n) is 20.1. The van der Waals surface area contributed by atoms with Crippen molar-refractivity contribution in [2.75, 3.05) is 56.4 Å². The van der Waals surface area contributed by atoms with Gasteiger partial charge in [0.1, 0.15) is 0 Å². The van der Waals surface area contributed by atoms with Gasteiger partial charge in [0, 0.05) is 37.3 Å². The van der Waals surface area contributed by atoms with E-state index in [0.29, 0.717) is 0 Å². The van der Waals surface area contributed by atoms with E-state index < -0.39 is 0 Å². The summed E-state index contributed by atoms with van der Waals surface area (Å²) in [6, 6.07) is 13.5. The molecular formula is C26H38N4. The van der Waals surface area contributed by atoms with Crippen LogP contribution in [0.5, 0.6) is 0 Å². The second-order valence-electron chi connectivity index (χ2n) is 9.28. The standard InChI is InChI=1S/C26H38N4/c1-27(2)17-23-11-21(12-24(15-23)18-28(3)4)9-10-22-13-25(19-29(5)6)16-26(14-22)20-30(7)8/h11-16H,17-20H2,1-8H3. The molecule has 0 unspecified atom stereocenters. The summed E-state index contributed by atoms with van der Waals surface area (Å²) in [6.45, 7) is 3.67. The fourth-order valence-corrected chi connectivity index (χ4v) is 3.64. The molecule has 30 heavy (non-hydrogen) atoms. The van der Waals surface area contributed by atoms with Crippen molar-refractivity contribution in [1.29, 1.82) is 0 Å². The van der Waals surface area contributed by atoms with Crippen LogP contribution in [-0.2, 0) is 26.2 Å². The van der Waals surface area contributed by atoms with Crippen LogP contribution in [0.1, 0.15) is 33.4 Å². The summed E-state index contributed by atoms with van der Waals surface area (Å²) in [7, 11) is 16.8. The molecule has 2 aromatic carbocycles. The summed E-state index contributed by atoms with van der Waals surface area (Å²) in [6.07, 6.45) is 0. The molecule has 2 rings (SSSR count). The smallest absolute Gasteiger partial charge is 0.0255 e. The van der Waals surface area contributed by atoms with Gasteiger partial charge in [0.2, 0.25) is 0 Å². The van der Waals surface area contributed by atoms with E-state index in [1.165, 1.54) is 22.3 Å². The molecule has 0 radical (unpaired) electrons. The number of hydrogen-bond acceptors (Lipinski definition) is 4. The quantitative estimate of drug-likeness (QED) is 0.624. The maximum absolute atomic E-state index is 3.44. The minimum atomic E-state index is 0.918. The minimum absolute atomic E-state index is 0.918. The number of rotatable bonds is 8. The number of nitrogens with zero attached hydrogens (tertiary/aromatic N) is 4. The zero-order valence-corrected chi connectivity index (χ0v) is 20.1. The van der Waals surface area contributed by atoms with E-state index in [2.05, 4.69) is 124 Å². The average Bonchev–Trinajstić information content (AvgIpc) is 2.57. The first-order valence-corrected chi connectivity index (χ1v) is 10.5. The van der Waals surface area contributed by atoms with Gasteiger partial charge in [-0.05, 0) is 103 Å². The van der Waals surface area contributed by atoms with E-state index in [9.17, 15) is 0 Å². The normalized spacial score (nSPS) is 11.5. The summed E-state index contributed by atoms with van der Waals surface area (Å²) in [5, 5.41) is 0. The van der Waals surface area contributed by atoms with Crippen molar-refractivity contribution >= 4 is 0 Å². The average molecular weight is 407 g/mol. The van der Waals surface area contributed by atoms with Crippen molar-refractivity contribution in [2.45, 2.75) is 26.2 Å². The molecule has 0 N–H and O–H groups in total.